The Balaban J connectivity index is 2.26. The third-order valence-corrected chi connectivity index (χ3v) is 5.58. The van der Waals surface area contributed by atoms with Crippen molar-refractivity contribution in [3.8, 4) is 0 Å². The number of hydrogen-bond acceptors (Lipinski definition) is 4. The summed E-state index contributed by atoms with van der Waals surface area (Å²) < 4.78 is 5.12. The fourth-order valence-corrected chi connectivity index (χ4v) is 4.59. The van der Waals surface area contributed by atoms with Crippen LogP contribution in [0, 0.1) is 5.92 Å². The van der Waals surface area contributed by atoms with Gasteiger partial charge in [-0.05, 0) is 37.8 Å². The van der Waals surface area contributed by atoms with Crippen LogP contribution in [-0.2, 0) is 4.74 Å². The minimum Gasteiger partial charge on any atom is -0.462 e. The molecule has 0 saturated heterocycles. The van der Waals surface area contributed by atoms with Crippen molar-refractivity contribution in [2.24, 2.45) is 5.92 Å². The standard InChI is InChI=1S/C16H22ClNO2S/c1-3-20-16(19)13-8-11(18)9-14(17)15(13)21-12-6-4-5-10(2)7-12/h8-10,12H,3-7,18H2,1-2H3. The van der Waals surface area contributed by atoms with Gasteiger partial charge in [-0.25, -0.2) is 4.79 Å². The Bertz CT molecular complexity index is 521. The topological polar surface area (TPSA) is 52.3 Å². The summed E-state index contributed by atoms with van der Waals surface area (Å²) in [7, 11) is 0. The van der Waals surface area contributed by atoms with Gasteiger partial charge in [-0.1, -0.05) is 31.4 Å². The molecule has 1 aromatic rings. The van der Waals surface area contributed by atoms with Crippen LogP contribution in [0.2, 0.25) is 5.02 Å². The number of nitrogen functional groups attached to an aromatic ring is 1. The molecule has 1 aromatic carbocycles. The zero-order valence-corrected chi connectivity index (χ0v) is 14.1. The van der Waals surface area contributed by atoms with Crippen LogP contribution >= 0.6 is 23.4 Å². The quantitative estimate of drug-likeness (QED) is 0.639. The van der Waals surface area contributed by atoms with E-state index >= 15 is 0 Å². The van der Waals surface area contributed by atoms with E-state index in [-0.39, 0.29) is 5.97 Å². The Morgan fingerprint density at radius 3 is 2.90 bits per heavy atom. The lowest BCUT2D eigenvalue weighted by atomic mass is 9.91. The summed E-state index contributed by atoms with van der Waals surface area (Å²) in [5.41, 5.74) is 6.80. The Morgan fingerprint density at radius 1 is 1.48 bits per heavy atom. The Kier molecular flexibility index (Phi) is 5.82. The van der Waals surface area contributed by atoms with Gasteiger partial charge in [-0.2, -0.15) is 0 Å². The zero-order valence-electron chi connectivity index (χ0n) is 12.5. The molecule has 2 rings (SSSR count). The molecule has 1 fully saturated rings. The van der Waals surface area contributed by atoms with Gasteiger partial charge in [-0.15, -0.1) is 11.8 Å². The maximum atomic E-state index is 12.1. The molecule has 1 aliphatic carbocycles. The molecule has 2 atom stereocenters. The number of carbonyl (C=O) groups is 1. The van der Waals surface area contributed by atoms with Crippen LogP contribution in [0.3, 0.4) is 0 Å². The smallest absolute Gasteiger partial charge is 0.339 e. The lowest BCUT2D eigenvalue weighted by Crippen LogP contribution is -2.16. The normalized spacial score (nSPS) is 22.0. The summed E-state index contributed by atoms with van der Waals surface area (Å²) in [6.45, 7) is 4.42. The Morgan fingerprint density at radius 2 is 2.24 bits per heavy atom. The molecule has 0 heterocycles. The van der Waals surface area contributed by atoms with Crippen LogP contribution < -0.4 is 5.73 Å². The Hall–Kier alpha value is -0.870. The highest BCUT2D eigenvalue weighted by Crippen LogP contribution is 2.41. The van der Waals surface area contributed by atoms with Crippen molar-refractivity contribution in [2.45, 2.75) is 49.7 Å². The first-order valence-electron chi connectivity index (χ1n) is 7.44. The molecule has 1 aliphatic rings. The number of ether oxygens (including phenoxy) is 1. The van der Waals surface area contributed by atoms with E-state index in [1.54, 1.807) is 30.8 Å². The van der Waals surface area contributed by atoms with Crippen molar-refractivity contribution in [2.75, 3.05) is 12.3 Å². The van der Waals surface area contributed by atoms with Gasteiger partial charge < -0.3 is 10.5 Å². The number of carbonyl (C=O) groups excluding carboxylic acids is 1. The summed E-state index contributed by atoms with van der Waals surface area (Å²) in [4.78, 5) is 12.9. The van der Waals surface area contributed by atoms with Crippen LogP contribution in [0.1, 0.15) is 49.9 Å². The average molecular weight is 328 g/mol. The lowest BCUT2D eigenvalue weighted by molar-refractivity contribution is 0.0522. The van der Waals surface area contributed by atoms with Gasteiger partial charge in [0.25, 0.3) is 0 Å². The summed E-state index contributed by atoms with van der Waals surface area (Å²) in [5, 5.41) is 1.05. The molecule has 0 amide bonds. The SMILES string of the molecule is CCOC(=O)c1cc(N)cc(Cl)c1SC1CCCC(C)C1. The van der Waals surface area contributed by atoms with E-state index in [0.29, 0.717) is 28.1 Å². The van der Waals surface area contributed by atoms with Crippen LogP contribution in [-0.4, -0.2) is 17.8 Å². The van der Waals surface area contributed by atoms with Crippen molar-refractivity contribution >= 4 is 35.0 Å². The van der Waals surface area contributed by atoms with Crippen LogP contribution in [0.4, 0.5) is 5.69 Å². The van der Waals surface area contributed by atoms with Gasteiger partial charge in [0.05, 0.1) is 17.2 Å². The van der Waals surface area contributed by atoms with E-state index in [1.165, 1.54) is 12.8 Å². The minimum absolute atomic E-state index is 0.343. The molecule has 21 heavy (non-hydrogen) atoms. The van der Waals surface area contributed by atoms with Crippen molar-refractivity contribution in [3.63, 3.8) is 0 Å². The molecule has 1 saturated carbocycles. The average Bonchev–Trinajstić information content (AvgIpc) is 2.42. The van der Waals surface area contributed by atoms with Gasteiger partial charge in [0.2, 0.25) is 0 Å². The van der Waals surface area contributed by atoms with E-state index in [1.807, 2.05) is 0 Å². The zero-order chi connectivity index (χ0) is 15.4. The van der Waals surface area contributed by atoms with E-state index in [9.17, 15) is 4.79 Å². The molecule has 3 nitrogen and oxygen atoms in total. The molecule has 0 bridgehead atoms. The Labute approximate surface area is 135 Å². The second-order valence-electron chi connectivity index (χ2n) is 5.61. The second kappa shape index (κ2) is 7.41. The van der Waals surface area contributed by atoms with Gasteiger partial charge >= 0.3 is 5.97 Å². The fraction of sp³-hybridized carbons (Fsp3) is 0.562. The minimum atomic E-state index is -0.349. The molecule has 0 aliphatic heterocycles. The van der Waals surface area contributed by atoms with E-state index in [2.05, 4.69) is 6.92 Å². The molecule has 0 radical (unpaired) electrons. The summed E-state index contributed by atoms with van der Waals surface area (Å²) in [6.07, 6.45) is 4.85. The van der Waals surface area contributed by atoms with Crippen molar-refractivity contribution in [1.29, 1.82) is 0 Å². The second-order valence-corrected chi connectivity index (χ2v) is 7.33. The van der Waals surface area contributed by atoms with Crippen LogP contribution in [0.25, 0.3) is 0 Å². The summed E-state index contributed by atoms with van der Waals surface area (Å²) in [5.74, 6) is 0.382. The van der Waals surface area contributed by atoms with E-state index in [4.69, 9.17) is 22.1 Å². The molecule has 2 N–H and O–H groups in total. The summed E-state index contributed by atoms with van der Waals surface area (Å²) >= 11 is 8.02. The van der Waals surface area contributed by atoms with Gasteiger partial charge in [-0.3, -0.25) is 0 Å². The van der Waals surface area contributed by atoms with Gasteiger partial charge in [0, 0.05) is 15.8 Å². The van der Waals surface area contributed by atoms with Crippen molar-refractivity contribution < 1.29 is 9.53 Å². The highest BCUT2D eigenvalue weighted by Gasteiger charge is 2.24. The largest absolute Gasteiger partial charge is 0.462 e. The molecule has 0 aromatic heterocycles. The predicted octanol–water partition coefficient (Wildman–Crippen LogP) is 4.77. The monoisotopic (exact) mass is 327 g/mol. The number of halogens is 1. The predicted molar refractivity (Wildman–Crippen MR) is 89.1 cm³/mol. The molecule has 0 spiro atoms. The first kappa shape index (κ1) is 16.5. The highest BCUT2D eigenvalue weighted by molar-refractivity contribution is 8.00. The maximum Gasteiger partial charge on any atom is 0.339 e. The molecule has 2 unspecified atom stereocenters. The van der Waals surface area contributed by atoms with Gasteiger partial charge in [0.15, 0.2) is 0 Å². The number of thioether (sulfide) groups is 1. The van der Waals surface area contributed by atoms with E-state index < -0.39 is 0 Å². The number of rotatable bonds is 4. The molecule has 5 heteroatoms. The number of nitrogens with two attached hydrogens (primary N) is 1. The third kappa shape index (κ3) is 4.30. The fourth-order valence-electron chi connectivity index (χ4n) is 2.75. The maximum absolute atomic E-state index is 12.1. The van der Waals surface area contributed by atoms with E-state index in [0.717, 1.165) is 23.7 Å². The highest BCUT2D eigenvalue weighted by atomic mass is 35.5. The first-order valence-corrected chi connectivity index (χ1v) is 8.69. The lowest BCUT2D eigenvalue weighted by Gasteiger charge is -2.27. The summed E-state index contributed by atoms with van der Waals surface area (Å²) in [6, 6.07) is 3.37. The van der Waals surface area contributed by atoms with Crippen LogP contribution in [0.15, 0.2) is 17.0 Å². The van der Waals surface area contributed by atoms with Gasteiger partial charge in [0.1, 0.15) is 0 Å². The van der Waals surface area contributed by atoms with Crippen molar-refractivity contribution in [3.05, 3.63) is 22.7 Å². The number of anilines is 1. The number of esters is 1. The number of hydrogen-bond donors (Lipinski definition) is 1. The number of benzene rings is 1. The first-order chi connectivity index (χ1) is 10.0. The molecular weight excluding hydrogens is 306 g/mol. The van der Waals surface area contributed by atoms with Crippen LogP contribution in [0.5, 0.6) is 0 Å². The molecule has 116 valence electrons. The van der Waals surface area contributed by atoms with Crippen molar-refractivity contribution in [1.82, 2.24) is 0 Å². The third-order valence-electron chi connectivity index (χ3n) is 3.73. The molecular formula is C16H22ClNO2S.